The number of ether oxygens (including phenoxy) is 1. The number of urea groups is 1. The summed E-state index contributed by atoms with van der Waals surface area (Å²) in [5.74, 6) is 0.385. The smallest absolute Gasteiger partial charge is 0.497 e. The average molecular weight is 463 g/mol. The molecule has 0 radical (unpaired) electrons. The molecule has 2 aliphatic rings. The molecule has 0 spiro atoms. The minimum Gasteiger partial charge on any atom is -0.497 e. The third-order valence-electron chi connectivity index (χ3n) is 5.45. The number of anilines is 1. The zero-order valence-corrected chi connectivity index (χ0v) is 18.5. The van der Waals surface area contributed by atoms with Crippen LogP contribution < -0.4 is 10.1 Å². The number of rotatable bonds is 6. The number of carbonyl (C=O) groups excluding carboxylic acids is 3. The maximum Gasteiger partial charge on any atom is 0.501 e. The predicted molar refractivity (Wildman–Crippen MR) is 122 cm³/mol. The van der Waals surface area contributed by atoms with Crippen LogP contribution in [-0.2, 0) is 16.1 Å². The molecule has 4 amide bonds. The van der Waals surface area contributed by atoms with Gasteiger partial charge in [0.2, 0.25) is 0 Å². The molecule has 1 atom stereocenters. The van der Waals surface area contributed by atoms with Crippen molar-refractivity contribution in [3.8, 4) is 5.75 Å². The maximum atomic E-state index is 13.5. The fraction of sp³-hybridized carbons (Fsp3) is 0.167. The molecule has 33 heavy (non-hydrogen) atoms. The van der Waals surface area contributed by atoms with Crippen LogP contribution in [0.3, 0.4) is 0 Å². The number of hydrogen-bond acceptors (Lipinski definition) is 6. The van der Waals surface area contributed by atoms with Crippen molar-refractivity contribution in [3.63, 3.8) is 0 Å². The van der Waals surface area contributed by atoms with Crippen LogP contribution in [0.25, 0.3) is 0 Å². The van der Waals surface area contributed by atoms with E-state index in [2.05, 4.69) is 5.32 Å². The highest BCUT2D eigenvalue weighted by Gasteiger charge is 2.53. The predicted octanol–water partition coefficient (Wildman–Crippen LogP) is 3.37. The lowest BCUT2D eigenvalue weighted by atomic mass is 10.0. The summed E-state index contributed by atoms with van der Waals surface area (Å²) in [7, 11) is 1.55. The van der Waals surface area contributed by atoms with Crippen LogP contribution in [0.5, 0.6) is 5.75 Å². The van der Waals surface area contributed by atoms with E-state index in [4.69, 9.17) is 9.15 Å². The van der Waals surface area contributed by atoms with Gasteiger partial charge in [-0.15, -0.1) is 11.8 Å². The van der Waals surface area contributed by atoms with Gasteiger partial charge >= 0.3 is 11.9 Å². The molecule has 0 fully saturated rings. The molecule has 9 heteroatoms. The van der Waals surface area contributed by atoms with Gasteiger partial charge in [0.15, 0.2) is 18.3 Å². The largest absolute Gasteiger partial charge is 0.501 e. The molecule has 1 unspecified atom stereocenters. The summed E-state index contributed by atoms with van der Waals surface area (Å²) in [6, 6.07) is 17.3. The van der Waals surface area contributed by atoms with Gasteiger partial charge in [0.1, 0.15) is 17.2 Å². The van der Waals surface area contributed by atoms with E-state index in [-0.39, 0.29) is 24.9 Å². The first-order chi connectivity index (χ1) is 16.0. The van der Waals surface area contributed by atoms with E-state index in [9.17, 15) is 14.4 Å². The molecule has 2 aliphatic heterocycles. The summed E-state index contributed by atoms with van der Waals surface area (Å²) in [5.41, 5.74) is 1.89. The summed E-state index contributed by atoms with van der Waals surface area (Å²) >= 11 is 1.39. The molecular formula is C24H20N3O5S+. The van der Waals surface area contributed by atoms with Crippen LogP contribution in [0.1, 0.15) is 11.3 Å². The number of furan rings is 1. The van der Waals surface area contributed by atoms with E-state index in [0.717, 1.165) is 15.4 Å². The third kappa shape index (κ3) is 3.91. The van der Waals surface area contributed by atoms with Crippen LogP contribution >= 0.6 is 11.8 Å². The number of methoxy groups -OCH3 is 1. The van der Waals surface area contributed by atoms with E-state index in [1.165, 1.54) is 22.6 Å². The number of fused-ring (bicyclic) bond motifs is 3. The van der Waals surface area contributed by atoms with Gasteiger partial charge < -0.3 is 14.5 Å². The molecule has 0 aliphatic carbocycles. The Morgan fingerprint density at radius 2 is 2.00 bits per heavy atom. The van der Waals surface area contributed by atoms with Gasteiger partial charge in [-0.05, 0) is 36.4 Å². The van der Waals surface area contributed by atoms with E-state index in [1.54, 1.807) is 43.5 Å². The molecule has 1 N–H and O–H groups in total. The van der Waals surface area contributed by atoms with Crippen molar-refractivity contribution in [2.45, 2.75) is 16.7 Å². The van der Waals surface area contributed by atoms with Crippen LogP contribution in [-0.4, -0.2) is 51.9 Å². The monoisotopic (exact) mass is 462 g/mol. The highest BCUT2D eigenvalue weighted by molar-refractivity contribution is 8.02. The second-order valence-corrected chi connectivity index (χ2v) is 8.68. The number of thioether (sulfide) groups is 1. The number of carbonyl (C=O) groups is 3. The van der Waals surface area contributed by atoms with Crippen LogP contribution in [0.15, 0.2) is 76.2 Å². The minimum atomic E-state index is -0.611. The van der Waals surface area contributed by atoms with E-state index >= 15 is 0 Å². The molecule has 3 heterocycles. The number of benzene rings is 2. The second-order valence-electron chi connectivity index (χ2n) is 7.53. The molecule has 166 valence electrons. The Kier molecular flexibility index (Phi) is 5.47. The zero-order valence-electron chi connectivity index (χ0n) is 17.7. The molecule has 0 saturated heterocycles. The molecule has 2 aromatic carbocycles. The first-order valence-electron chi connectivity index (χ1n) is 10.3. The van der Waals surface area contributed by atoms with E-state index in [0.29, 0.717) is 22.9 Å². The minimum absolute atomic E-state index is 0.000640. The number of hydrogen-bond donors (Lipinski definition) is 1. The lowest BCUT2D eigenvalue weighted by molar-refractivity contribution is -0.426. The summed E-state index contributed by atoms with van der Waals surface area (Å²) in [6.07, 6.45) is 1.49. The standard InChI is InChI=1S/C24H19N3O5S/c1-31-16-7-4-6-15(12-16)25-20(28)14-26-21-18-9-2-3-10-19(18)33-22(21)23(29)27(24(26)30)13-17-8-5-11-32-17/h2-12,22H,13-14H2,1H3/p+1. The number of amides is 4. The van der Waals surface area contributed by atoms with Crippen LogP contribution in [0, 0.1) is 0 Å². The summed E-state index contributed by atoms with van der Waals surface area (Å²) in [4.78, 5) is 41.7. The quantitative estimate of drug-likeness (QED) is 0.565. The average Bonchev–Trinajstić information content (AvgIpc) is 3.47. The van der Waals surface area contributed by atoms with Crippen molar-refractivity contribution in [1.82, 2.24) is 4.90 Å². The first-order valence-corrected chi connectivity index (χ1v) is 11.1. The molecule has 1 aromatic heterocycles. The highest BCUT2D eigenvalue weighted by Crippen LogP contribution is 2.40. The van der Waals surface area contributed by atoms with Gasteiger partial charge in [0.25, 0.3) is 5.91 Å². The topological polar surface area (TPSA) is 91.9 Å². The van der Waals surface area contributed by atoms with Crippen molar-refractivity contribution in [1.29, 1.82) is 0 Å². The Bertz CT molecular complexity index is 1280. The highest BCUT2D eigenvalue weighted by atomic mass is 32.2. The van der Waals surface area contributed by atoms with Gasteiger partial charge in [0.05, 0.1) is 13.4 Å². The van der Waals surface area contributed by atoms with E-state index < -0.39 is 11.3 Å². The second kappa shape index (κ2) is 8.59. The number of imide groups is 1. The fourth-order valence-electron chi connectivity index (χ4n) is 3.95. The fourth-order valence-corrected chi connectivity index (χ4v) is 5.25. The summed E-state index contributed by atoms with van der Waals surface area (Å²) in [5, 5.41) is 2.19. The molecule has 8 nitrogen and oxygen atoms in total. The molecule has 3 aromatic rings. The normalized spacial score (nSPS) is 17.1. The van der Waals surface area contributed by atoms with Crippen molar-refractivity contribution < 1.29 is 28.1 Å². The number of nitrogens with one attached hydrogen (secondary N) is 1. The third-order valence-corrected chi connectivity index (χ3v) is 6.72. The lowest BCUT2D eigenvalue weighted by Crippen LogP contribution is -2.56. The van der Waals surface area contributed by atoms with Gasteiger partial charge in [-0.2, -0.15) is 14.3 Å². The van der Waals surface area contributed by atoms with Gasteiger partial charge in [-0.3, -0.25) is 4.79 Å². The summed E-state index contributed by atoms with van der Waals surface area (Å²) < 4.78 is 11.9. The van der Waals surface area contributed by atoms with Crippen LogP contribution in [0.2, 0.25) is 0 Å². The van der Waals surface area contributed by atoms with Gasteiger partial charge in [-0.1, -0.05) is 18.2 Å². The van der Waals surface area contributed by atoms with Crippen molar-refractivity contribution in [3.05, 3.63) is 78.3 Å². The van der Waals surface area contributed by atoms with Gasteiger partial charge in [0, 0.05) is 22.2 Å². The maximum absolute atomic E-state index is 13.5. The molecule has 0 saturated carbocycles. The summed E-state index contributed by atoms with van der Waals surface area (Å²) in [6.45, 7) is -0.238. The van der Waals surface area contributed by atoms with E-state index in [1.807, 2.05) is 24.3 Å². The Morgan fingerprint density at radius 1 is 1.15 bits per heavy atom. The molecular weight excluding hydrogens is 442 g/mol. The first kappa shape index (κ1) is 21.0. The number of nitrogens with zero attached hydrogens (tertiary/aromatic N) is 2. The van der Waals surface area contributed by atoms with Crippen molar-refractivity contribution >= 4 is 41.0 Å². The molecule has 0 bridgehead atoms. The SMILES string of the molecule is COc1cccc(NC(=O)C[N+]2=C3c4ccccc4SC3C(=O)N(Cc3ccco3)C2=O)c1. The lowest BCUT2D eigenvalue weighted by Gasteiger charge is -2.24. The van der Waals surface area contributed by atoms with Gasteiger partial charge in [-0.25, -0.2) is 4.79 Å². The Balaban J connectivity index is 1.49. The van der Waals surface area contributed by atoms with Crippen LogP contribution in [0.4, 0.5) is 10.5 Å². The van der Waals surface area contributed by atoms with Crippen molar-refractivity contribution in [2.75, 3.05) is 19.0 Å². The Morgan fingerprint density at radius 3 is 2.79 bits per heavy atom. The Hall–Kier alpha value is -3.85. The van der Waals surface area contributed by atoms with Crippen molar-refractivity contribution in [2.24, 2.45) is 0 Å². The molecule has 5 rings (SSSR count). The Labute approximate surface area is 193 Å². The zero-order chi connectivity index (χ0) is 22.9.